The third-order valence-corrected chi connectivity index (χ3v) is 4.11. The lowest BCUT2D eigenvalue weighted by Gasteiger charge is -2.08. The van der Waals surface area contributed by atoms with Gasteiger partial charge < -0.3 is 15.4 Å². The van der Waals surface area contributed by atoms with E-state index >= 15 is 0 Å². The van der Waals surface area contributed by atoms with Crippen molar-refractivity contribution in [3.63, 3.8) is 0 Å². The zero-order valence-corrected chi connectivity index (χ0v) is 16.1. The number of amides is 3. The number of anilines is 1. The Morgan fingerprint density at radius 1 is 1.10 bits per heavy atom. The fourth-order valence-electron chi connectivity index (χ4n) is 2.26. The first-order chi connectivity index (χ1) is 14.0. The van der Waals surface area contributed by atoms with Gasteiger partial charge in [-0.1, -0.05) is 23.7 Å². The zero-order valence-electron chi connectivity index (χ0n) is 15.4. The quantitative estimate of drug-likeness (QED) is 0.366. The molecule has 0 bridgehead atoms. The number of carbonyl (C=O) groups excluding carboxylic acids is 3. The number of halogens is 1. The minimum absolute atomic E-state index is 0.1000. The van der Waals surface area contributed by atoms with E-state index in [0.717, 1.165) is 12.8 Å². The highest BCUT2D eigenvalue weighted by Gasteiger charge is 2.26. The molecule has 8 nitrogen and oxygen atoms in total. The van der Waals surface area contributed by atoms with Gasteiger partial charge >= 0.3 is 11.8 Å². The van der Waals surface area contributed by atoms with Gasteiger partial charge in [0.05, 0.1) is 6.21 Å². The van der Waals surface area contributed by atoms with Gasteiger partial charge in [0, 0.05) is 16.8 Å². The maximum absolute atomic E-state index is 12.0. The van der Waals surface area contributed by atoms with E-state index in [-0.39, 0.29) is 18.6 Å². The Labute approximate surface area is 172 Å². The molecule has 2 aromatic carbocycles. The summed E-state index contributed by atoms with van der Waals surface area (Å²) in [7, 11) is 0. The first-order valence-electron chi connectivity index (χ1n) is 8.92. The van der Waals surface area contributed by atoms with Crippen LogP contribution < -0.4 is 20.8 Å². The van der Waals surface area contributed by atoms with Crippen molar-refractivity contribution >= 4 is 41.2 Å². The zero-order chi connectivity index (χ0) is 20.6. The Hall–Kier alpha value is -3.39. The predicted octanol–water partition coefficient (Wildman–Crippen LogP) is 2.09. The van der Waals surface area contributed by atoms with Gasteiger partial charge in [-0.3, -0.25) is 14.4 Å². The number of benzene rings is 2. The molecule has 0 spiro atoms. The van der Waals surface area contributed by atoms with Crippen LogP contribution in [0.25, 0.3) is 0 Å². The molecule has 150 valence electrons. The molecule has 3 rings (SSSR count). The van der Waals surface area contributed by atoms with Crippen LogP contribution in [0.1, 0.15) is 18.4 Å². The molecule has 0 radical (unpaired) electrons. The highest BCUT2D eigenvalue weighted by atomic mass is 35.5. The second kappa shape index (κ2) is 9.70. The molecule has 0 saturated heterocycles. The average Bonchev–Trinajstić information content (AvgIpc) is 3.52. The van der Waals surface area contributed by atoms with Crippen LogP contribution in [0.3, 0.4) is 0 Å². The molecule has 0 aromatic heterocycles. The second-order valence-corrected chi connectivity index (χ2v) is 6.80. The molecule has 3 N–H and O–H groups in total. The minimum atomic E-state index is -0.820. The van der Waals surface area contributed by atoms with Crippen LogP contribution in [0.15, 0.2) is 53.6 Å². The average molecular weight is 415 g/mol. The van der Waals surface area contributed by atoms with Crippen molar-refractivity contribution in [3.8, 4) is 5.75 Å². The number of ether oxygens (including phenoxy) is 1. The monoisotopic (exact) mass is 414 g/mol. The summed E-state index contributed by atoms with van der Waals surface area (Å²) in [5.41, 5.74) is 3.41. The third kappa shape index (κ3) is 6.93. The van der Waals surface area contributed by atoms with Crippen LogP contribution in [0, 0.1) is 0 Å². The fourth-order valence-corrected chi connectivity index (χ4v) is 2.38. The Bertz CT molecular complexity index is 926. The molecule has 9 heteroatoms. The van der Waals surface area contributed by atoms with Crippen LogP contribution in [-0.4, -0.2) is 36.6 Å². The fraction of sp³-hybridized carbons (Fsp3) is 0.200. The summed E-state index contributed by atoms with van der Waals surface area (Å²) in [6.45, 7) is -0.179. The van der Waals surface area contributed by atoms with E-state index < -0.39 is 11.8 Å². The lowest BCUT2D eigenvalue weighted by molar-refractivity contribution is -0.139. The molecule has 1 saturated carbocycles. The van der Waals surface area contributed by atoms with Crippen LogP contribution in [0.5, 0.6) is 5.75 Å². The Morgan fingerprint density at radius 3 is 2.59 bits per heavy atom. The van der Waals surface area contributed by atoms with Gasteiger partial charge in [-0.25, -0.2) is 5.43 Å². The van der Waals surface area contributed by atoms with Crippen LogP contribution in [0.2, 0.25) is 5.02 Å². The topological polar surface area (TPSA) is 109 Å². The number of nitrogens with zero attached hydrogens (tertiary/aromatic N) is 1. The molecule has 29 heavy (non-hydrogen) atoms. The molecule has 1 aliphatic rings. The van der Waals surface area contributed by atoms with E-state index in [1.165, 1.54) is 6.21 Å². The van der Waals surface area contributed by atoms with Crippen LogP contribution in [0.4, 0.5) is 5.69 Å². The predicted molar refractivity (Wildman–Crippen MR) is 109 cm³/mol. The SMILES string of the molecule is O=C(COc1cccc(/C=N\NC(=O)C(=O)NC2CC2)c1)Nc1ccc(Cl)cc1. The van der Waals surface area contributed by atoms with E-state index in [4.69, 9.17) is 16.3 Å². The number of rotatable bonds is 7. The van der Waals surface area contributed by atoms with E-state index in [1.54, 1.807) is 48.5 Å². The third-order valence-electron chi connectivity index (χ3n) is 3.85. The van der Waals surface area contributed by atoms with E-state index in [9.17, 15) is 14.4 Å². The van der Waals surface area contributed by atoms with Crippen molar-refractivity contribution in [2.24, 2.45) is 5.10 Å². The van der Waals surface area contributed by atoms with Gasteiger partial charge in [0.1, 0.15) is 5.75 Å². The summed E-state index contributed by atoms with van der Waals surface area (Å²) in [5, 5.41) is 9.60. The molecule has 0 atom stereocenters. The number of carbonyl (C=O) groups is 3. The maximum atomic E-state index is 12.0. The van der Waals surface area contributed by atoms with Crippen molar-refractivity contribution in [2.75, 3.05) is 11.9 Å². The van der Waals surface area contributed by atoms with Gasteiger partial charge in [0.25, 0.3) is 5.91 Å². The summed E-state index contributed by atoms with van der Waals surface area (Å²) in [6.07, 6.45) is 3.17. The summed E-state index contributed by atoms with van der Waals surface area (Å²) in [6, 6.07) is 13.6. The first kappa shape index (κ1) is 20.3. The summed E-state index contributed by atoms with van der Waals surface area (Å²) in [4.78, 5) is 35.1. The molecular weight excluding hydrogens is 396 g/mol. The lowest BCUT2D eigenvalue weighted by atomic mass is 10.2. The molecule has 3 amide bonds. The molecule has 0 aliphatic heterocycles. The largest absolute Gasteiger partial charge is 0.484 e. The molecule has 0 heterocycles. The van der Waals surface area contributed by atoms with Gasteiger partial charge in [-0.15, -0.1) is 0 Å². The highest BCUT2D eigenvalue weighted by molar-refractivity contribution is 6.35. The maximum Gasteiger partial charge on any atom is 0.329 e. The number of hydrogen-bond acceptors (Lipinski definition) is 5. The number of hydrogen-bond donors (Lipinski definition) is 3. The highest BCUT2D eigenvalue weighted by Crippen LogP contribution is 2.18. The second-order valence-electron chi connectivity index (χ2n) is 6.36. The van der Waals surface area contributed by atoms with Crippen molar-refractivity contribution < 1.29 is 19.1 Å². The van der Waals surface area contributed by atoms with Crippen LogP contribution >= 0.6 is 11.6 Å². The van der Waals surface area contributed by atoms with E-state index in [1.807, 2.05) is 0 Å². The van der Waals surface area contributed by atoms with E-state index in [0.29, 0.717) is 22.0 Å². The Morgan fingerprint density at radius 2 is 1.86 bits per heavy atom. The molecule has 2 aromatic rings. The summed E-state index contributed by atoms with van der Waals surface area (Å²) >= 11 is 5.80. The molecule has 0 unspecified atom stereocenters. The van der Waals surface area contributed by atoms with Crippen LogP contribution in [-0.2, 0) is 14.4 Å². The van der Waals surface area contributed by atoms with Gasteiger partial charge in [-0.05, 0) is 54.8 Å². The van der Waals surface area contributed by atoms with E-state index in [2.05, 4.69) is 21.2 Å². The molecule has 1 fully saturated rings. The van der Waals surface area contributed by atoms with Crippen molar-refractivity contribution in [3.05, 3.63) is 59.1 Å². The number of nitrogens with one attached hydrogen (secondary N) is 3. The van der Waals surface area contributed by atoms with Crippen molar-refractivity contribution in [1.82, 2.24) is 10.7 Å². The van der Waals surface area contributed by atoms with Crippen molar-refractivity contribution in [1.29, 1.82) is 0 Å². The smallest absolute Gasteiger partial charge is 0.329 e. The number of hydrazone groups is 1. The van der Waals surface area contributed by atoms with Gasteiger partial charge in [0.15, 0.2) is 6.61 Å². The van der Waals surface area contributed by atoms with Gasteiger partial charge in [-0.2, -0.15) is 5.10 Å². The Balaban J connectivity index is 1.45. The standard InChI is InChI=1S/C20H19ClN4O4/c21-14-4-6-15(7-5-14)23-18(26)12-29-17-3-1-2-13(10-17)11-22-25-20(28)19(27)24-16-8-9-16/h1-7,10-11,16H,8-9,12H2,(H,23,26)(H,24,27)(H,25,28)/b22-11-. The Kier molecular flexibility index (Phi) is 6.80. The summed E-state index contributed by atoms with van der Waals surface area (Å²) < 4.78 is 5.47. The molecule has 1 aliphatic carbocycles. The lowest BCUT2D eigenvalue weighted by Crippen LogP contribution is -2.38. The van der Waals surface area contributed by atoms with Gasteiger partial charge in [0.2, 0.25) is 0 Å². The first-order valence-corrected chi connectivity index (χ1v) is 9.29. The van der Waals surface area contributed by atoms with Crippen molar-refractivity contribution in [2.45, 2.75) is 18.9 Å². The minimum Gasteiger partial charge on any atom is -0.484 e. The summed E-state index contributed by atoms with van der Waals surface area (Å²) in [5.74, 6) is -1.38. The molecular formula is C20H19ClN4O4. The normalized spacial score (nSPS) is 13.0.